The first kappa shape index (κ1) is 18.4. The van der Waals surface area contributed by atoms with Gasteiger partial charge in [-0.3, -0.25) is 0 Å². The summed E-state index contributed by atoms with van der Waals surface area (Å²) in [5.41, 5.74) is 6.25. The average molecular weight is 378 g/mol. The fourth-order valence-electron chi connectivity index (χ4n) is 1.85. The number of nitrogen functional groups attached to an aromatic ring is 1. The maximum absolute atomic E-state index is 12.8. The van der Waals surface area contributed by atoms with Crippen LogP contribution in [0, 0.1) is 5.92 Å². The van der Waals surface area contributed by atoms with Crippen LogP contribution < -0.4 is 5.73 Å². The third kappa shape index (κ3) is 5.25. The van der Waals surface area contributed by atoms with E-state index in [0.717, 1.165) is 0 Å². The zero-order valence-electron chi connectivity index (χ0n) is 13.0. The highest BCUT2D eigenvalue weighted by atomic mass is 79.9. The van der Waals surface area contributed by atoms with Crippen LogP contribution in [0.4, 0.5) is 5.69 Å². The van der Waals surface area contributed by atoms with E-state index < -0.39 is 10.0 Å². The highest BCUT2D eigenvalue weighted by molar-refractivity contribution is 9.10. The maximum atomic E-state index is 12.8. The minimum atomic E-state index is -3.51. The molecule has 0 amide bonds. The molecule has 0 aromatic heterocycles. The molecule has 0 spiro atoms. The van der Waals surface area contributed by atoms with E-state index in [9.17, 15) is 8.42 Å². The second-order valence-corrected chi connectivity index (χ2v) is 8.54. The molecule has 0 heterocycles. The molecule has 0 unspecified atom stereocenters. The molecule has 1 aromatic carbocycles. The summed E-state index contributed by atoms with van der Waals surface area (Å²) in [4.78, 5) is 2.24. The van der Waals surface area contributed by atoms with Crippen molar-refractivity contribution in [2.75, 3.05) is 39.5 Å². The van der Waals surface area contributed by atoms with E-state index in [0.29, 0.717) is 29.8 Å². The van der Waals surface area contributed by atoms with Gasteiger partial charge in [0.15, 0.2) is 0 Å². The second kappa shape index (κ2) is 7.58. The van der Waals surface area contributed by atoms with E-state index in [1.165, 1.54) is 4.31 Å². The summed E-state index contributed by atoms with van der Waals surface area (Å²) in [6.45, 7) is 5.67. The van der Waals surface area contributed by atoms with Gasteiger partial charge >= 0.3 is 0 Å². The van der Waals surface area contributed by atoms with Crippen LogP contribution >= 0.6 is 15.9 Å². The lowest BCUT2D eigenvalue weighted by molar-refractivity contribution is 0.312. The van der Waals surface area contributed by atoms with Gasteiger partial charge in [-0.25, -0.2) is 8.42 Å². The predicted octanol–water partition coefficient (Wildman–Crippen LogP) is 2.24. The summed E-state index contributed by atoms with van der Waals surface area (Å²) in [6, 6.07) is 4.72. The van der Waals surface area contributed by atoms with Gasteiger partial charge in [-0.05, 0) is 54.1 Å². The largest absolute Gasteiger partial charge is 0.398 e. The first-order chi connectivity index (χ1) is 9.64. The van der Waals surface area contributed by atoms with Crippen molar-refractivity contribution in [3.63, 3.8) is 0 Å². The number of nitrogens with two attached hydrogens (primary N) is 1. The molecule has 0 aliphatic heterocycles. The maximum Gasteiger partial charge on any atom is 0.243 e. The Labute approximate surface area is 136 Å². The predicted molar refractivity (Wildman–Crippen MR) is 90.7 cm³/mol. The van der Waals surface area contributed by atoms with Crippen molar-refractivity contribution >= 4 is 31.6 Å². The van der Waals surface area contributed by atoms with Crippen LogP contribution in [0.2, 0.25) is 0 Å². The summed E-state index contributed by atoms with van der Waals surface area (Å²) in [6.07, 6.45) is 0. The molecule has 21 heavy (non-hydrogen) atoms. The summed E-state index contributed by atoms with van der Waals surface area (Å²) in [5.74, 6) is 0.263. The van der Waals surface area contributed by atoms with Crippen molar-refractivity contribution in [3.8, 4) is 0 Å². The number of rotatable bonds is 7. The number of anilines is 1. The monoisotopic (exact) mass is 377 g/mol. The van der Waals surface area contributed by atoms with E-state index in [2.05, 4.69) is 15.9 Å². The van der Waals surface area contributed by atoms with E-state index in [-0.39, 0.29) is 10.8 Å². The number of likely N-dealkylation sites (N-methyl/N-ethyl adjacent to an activating group) is 1. The Morgan fingerprint density at radius 2 is 1.86 bits per heavy atom. The molecule has 0 saturated carbocycles. The molecule has 0 aliphatic rings. The van der Waals surface area contributed by atoms with Crippen molar-refractivity contribution in [2.24, 2.45) is 5.92 Å². The van der Waals surface area contributed by atoms with Crippen molar-refractivity contribution < 1.29 is 8.42 Å². The van der Waals surface area contributed by atoms with Crippen LogP contribution in [-0.4, -0.2) is 51.4 Å². The number of benzene rings is 1. The molecule has 0 radical (unpaired) electrons. The summed E-state index contributed by atoms with van der Waals surface area (Å²) in [5, 5.41) is 0. The van der Waals surface area contributed by atoms with Gasteiger partial charge < -0.3 is 10.6 Å². The van der Waals surface area contributed by atoms with E-state index >= 15 is 0 Å². The minimum Gasteiger partial charge on any atom is -0.398 e. The Balaban J connectivity index is 3.09. The van der Waals surface area contributed by atoms with Crippen LogP contribution in [0.5, 0.6) is 0 Å². The molecular weight excluding hydrogens is 354 g/mol. The SMILES string of the molecule is CC(C)CN(CCN(C)C)S(=O)(=O)c1ccc(N)c(Br)c1. The minimum absolute atomic E-state index is 0.263. The first-order valence-electron chi connectivity index (χ1n) is 6.84. The lowest BCUT2D eigenvalue weighted by Crippen LogP contribution is -2.38. The van der Waals surface area contributed by atoms with Gasteiger partial charge in [-0.2, -0.15) is 4.31 Å². The van der Waals surface area contributed by atoms with Gasteiger partial charge in [-0.15, -0.1) is 0 Å². The molecule has 0 fully saturated rings. The molecule has 5 nitrogen and oxygen atoms in total. The van der Waals surface area contributed by atoms with Crippen LogP contribution in [0.3, 0.4) is 0 Å². The van der Waals surface area contributed by atoms with Crippen LogP contribution in [0.15, 0.2) is 27.6 Å². The topological polar surface area (TPSA) is 66.6 Å². The van der Waals surface area contributed by atoms with Gasteiger partial charge in [0.25, 0.3) is 0 Å². The van der Waals surface area contributed by atoms with Crippen molar-refractivity contribution in [1.82, 2.24) is 9.21 Å². The number of hydrogen-bond donors (Lipinski definition) is 1. The lowest BCUT2D eigenvalue weighted by atomic mass is 10.2. The molecule has 7 heteroatoms. The smallest absolute Gasteiger partial charge is 0.243 e. The number of nitrogens with zero attached hydrogens (tertiary/aromatic N) is 2. The molecule has 1 rings (SSSR count). The Kier molecular flexibility index (Phi) is 6.65. The second-order valence-electron chi connectivity index (χ2n) is 5.74. The Morgan fingerprint density at radius 3 is 2.33 bits per heavy atom. The zero-order chi connectivity index (χ0) is 16.2. The normalized spacial score (nSPS) is 12.6. The highest BCUT2D eigenvalue weighted by Crippen LogP contribution is 2.25. The Bertz CT molecular complexity index is 574. The summed E-state index contributed by atoms with van der Waals surface area (Å²) >= 11 is 3.28. The van der Waals surface area contributed by atoms with Crippen molar-refractivity contribution in [3.05, 3.63) is 22.7 Å². The number of hydrogen-bond acceptors (Lipinski definition) is 4. The fourth-order valence-corrected chi connectivity index (χ4v) is 4.00. The van der Waals surface area contributed by atoms with E-state index in [4.69, 9.17) is 5.73 Å². The molecule has 0 saturated heterocycles. The van der Waals surface area contributed by atoms with Crippen LogP contribution in [-0.2, 0) is 10.0 Å². The molecule has 120 valence electrons. The van der Waals surface area contributed by atoms with E-state index in [1.807, 2.05) is 32.8 Å². The molecule has 0 atom stereocenters. The highest BCUT2D eigenvalue weighted by Gasteiger charge is 2.25. The Hall–Kier alpha value is -0.630. The first-order valence-corrected chi connectivity index (χ1v) is 9.07. The summed E-state index contributed by atoms with van der Waals surface area (Å²) < 4.78 is 27.7. The molecule has 0 bridgehead atoms. The van der Waals surface area contributed by atoms with Gasteiger partial charge in [0.2, 0.25) is 10.0 Å². The van der Waals surface area contributed by atoms with Gasteiger partial charge in [-0.1, -0.05) is 13.8 Å². The summed E-state index contributed by atoms with van der Waals surface area (Å²) in [7, 11) is 0.351. The van der Waals surface area contributed by atoms with Crippen LogP contribution in [0.1, 0.15) is 13.8 Å². The van der Waals surface area contributed by atoms with E-state index in [1.54, 1.807) is 18.2 Å². The van der Waals surface area contributed by atoms with Gasteiger partial charge in [0.1, 0.15) is 0 Å². The Morgan fingerprint density at radius 1 is 1.24 bits per heavy atom. The number of sulfonamides is 1. The fraction of sp³-hybridized carbons (Fsp3) is 0.571. The molecule has 1 aromatic rings. The molecule has 0 aliphatic carbocycles. The number of halogens is 1. The zero-order valence-corrected chi connectivity index (χ0v) is 15.4. The van der Waals surface area contributed by atoms with Gasteiger partial charge in [0.05, 0.1) is 4.90 Å². The van der Waals surface area contributed by atoms with Crippen LogP contribution in [0.25, 0.3) is 0 Å². The lowest BCUT2D eigenvalue weighted by Gasteiger charge is -2.25. The third-order valence-corrected chi connectivity index (χ3v) is 5.52. The third-order valence-electron chi connectivity index (χ3n) is 2.98. The van der Waals surface area contributed by atoms with Crippen molar-refractivity contribution in [2.45, 2.75) is 18.7 Å². The van der Waals surface area contributed by atoms with Crippen molar-refractivity contribution in [1.29, 1.82) is 0 Å². The van der Waals surface area contributed by atoms with Gasteiger partial charge in [0, 0.05) is 29.8 Å². The quantitative estimate of drug-likeness (QED) is 0.739. The molecule has 2 N–H and O–H groups in total. The standard InChI is InChI=1S/C14H24BrN3O2S/c1-11(2)10-18(8-7-17(3)4)21(19,20)12-5-6-14(16)13(15)9-12/h5-6,9,11H,7-8,10,16H2,1-4H3. The average Bonchev–Trinajstić information content (AvgIpc) is 2.36. The molecular formula is C14H24BrN3O2S.